The van der Waals surface area contributed by atoms with Crippen molar-refractivity contribution in [1.29, 1.82) is 0 Å². The Hall–Kier alpha value is -1.63. The number of amides is 1. The third kappa shape index (κ3) is 3.66. The summed E-state index contributed by atoms with van der Waals surface area (Å²) < 4.78 is 36.9. The molecule has 19 heavy (non-hydrogen) atoms. The van der Waals surface area contributed by atoms with Crippen molar-refractivity contribution >= 4 is 11.6 Å². The van der Waals surface area contributed by atoms with E-state index < -0.39 is 11.9 Å². The first-order valence-electron chi connectivity index (χ1n) is 6.04. The van der Waals surface area contributed by atoms with Crippen molar-refractivity contribution in [2.45, 2.75) is 31.5 Å². The molecule has 0 bridgehead atoms. The molecule has 0 spiro atoms. The van der Waals surface area contributed by atoms with E-state index in [1.54, 1.807) is 0 Å². The molecule has 0 unspecified atom stereocenters. The summed E-state index contributed by atoms with van der Waals surface area (Å²) in [4.78, 5) is 15.1. The van der Waals surface area contributed by atoms with Crippen molar-refractivity contribution in [3.8, 4) is 0 Å². The fraction of sp³-hybridized carbons (Fsp3) is 0.500. The van der Waals surface area contributed by atoms with Gasteiger partial charge in [0.1, 0.15) is 5.69 Å². The first-order valence-corrected chi connectivity index (χ1v) is 6.04. The largest absolute Gasteiger partial charge is 0.433 e. The van der Waals surface area contributed by atoms with Crippen LogP contribution < -0.4 is 10.6 Å². The molecule has 7 heteroatoms. The second-order valence-corrected chi connectivity index (χ2v) is 4.42. The maximum absolute atomic E-state index is 12.3. The van der Waals surface area contributed by atoms with Crippen LogP contribution in [-0.4, -0.2) is 23.5 Å². The van der Waals surface area contributed by atoms with E-state index in [9.17, 15) is 18.0 Å². The van der Waals surface area contributed by atoms with Crippen LogP contribution in [0.5, 0.6) is 0 Å². The first kappa shape index (κ1) is 13.8. The lowest BCUT2D eigenvalue weighted by molar-refractivity contribution is -0.141. The summed E-state index contributed by atoms with van der Waals surface area (Å²) in [5.74, 6) is -0.235. The second kappa shape index (κ2) is 5.56. The average Bonchev–Trinajstić information content (AvgIpc) is 2.39. The molecule has 1 aliphatic rings. The molecule has 2 rings (SSSR count). The van der Waals surface area contributed by atoms with Gasteiger partial charge in [-0.1, -0.05) is 6.42 Å². The van der Waals surface area contributed by atoms with Crippen LogP contribution in [0.1, 0.15) is 25.0 Å². The molecule has 0 radical (unpaired) electrons. The number of carbonyl (C=O) groups is 1. The third-order valence-corrected chi connectivity index (χ3v) is 2.95. The predicted octanol–water partition coefficient (Wildman–Crippen LogP) is 2.18. The van der Waals surface area contributed by atoms with Gasteiger partial charge in [0.15, 0.2) is 0 Å². The summed E-state index contributed by atoms with van der Waals surface area (Å²) in [7, 11) is 0. The van der Waals surface area contributed by atoms with E-state index in [1.807, 2.05) is 0 Å². The second-order valence-electron chi connectivity index (χ2n) is 4.42. The fourth-order valence-electron chi connectivity index (χ4n) is 1.94. The normalized spacial score (nSPS) is 20.1. The highest BCUT2D eigenvalue weighted by molar-refractivity contribution is 5.94. The van der Waals surface area contributed by atoms with Crippen LogP contribution in [0.3, 0.4) is 0 Å². The average molecular weight is 273 g/mol. The van der Waals surface area contributed by atoms with Crippen molar-refractivity contribution in [1.82, 2.24) is 10.3 Å². The van der Waals surface area contributed by atoms with Gasteiger partial charge < -0.3 is 10.6 Å². The molecule has 4 nitrogen and oxygen atoms in total. The number of piperidine rings is 1. The Morgan fingerprint density at radius 2 is 2.16 bits per heavy atom. The van der Waals surface area contributed by atoms with E-state index in [4.69, 9.17) is 0 Å². The van der Waals surface area contributed by atoms with E-state index in [0.717, 1.165) is 38.1 Å². The monoisotopic (exact) mass is 273 g/mol. The summed E-state index contributed by atoms with van der Waals surface area (Å²) in [5.41, 5.74) is -0.702. The Morgan fingerprint density at radius 1 is 1.37 bits per heavy atom. The molecular weight excluding hydrogens is 259 g/mol. The molecule has 2 heterocycles. The van der Waals surface area contributed by atoms with E-state index >= 15 is 0 Å². The van der Waals surface area contributed by atoms with Gasteiger partial charge in [0.25, 0.3) is 0 Å². The quantitative estimate of drug-likeness (QED) is 0.868. The van der Waals surface area contributed by atoms with Gasteiger partial charge in [0, 0.05) is 0 Å². The molecule has 1 saturated heterocycles. The summed E-state index contributed by atoms with van der Waals surface area (Å²) in [5, 5.41) is 5.62. The van der Waals surface area contributed by atoms with Crippen molar-refractivity contribution in [2.24, 2.45) is 0 Å². The highest BCUT2D eigenvalue weighted by Gasteiger charge is 2.32. The van der Waals surface area contributed by atoms with Gasteiger partial charge in [0.05, 0.1) is 17.9 Å². The zero-order chi connectivity index (χ0) is 13.9. The van der Waals surface area contributed by atoms with Gasteiger partial charge in [-0.05, 0) is 31.5 Å². The molecule has 1 aromatic rings. The topological polar surface area (TPSA) is 54.0 Å². The Morgan fingerprint density at radius 3 is 2.68 bits per heavy atom. The van der Waals surface area contributed by atoms with Crippen molar-refractivity contribution < 1.29 is 18.0 Å². The highest BCUT2D eigenvalue weighted by Crippen LogP contribution is 2.27. The van der Waals surface area contributed by atoms with Gasteiger partial charge in [0.2, 0.25) is 5.91 Å². The first-order chi connectivity index (χ1) is 8.97. The third-order valence-electron chi connectivity index (χ3n) is 2.95. The Labute approximate surface area is 108 Å². The predicted molar refractivity (Wildman–Crippen MR) is 63.5 cm³/mol. The molecule has 0 aromatic carbocycles. The minimum atomic E-state index is -4.46. The number of hydrogen-bond acceptors (Lipinski definition) is 3. The van der Waals surface area contributed by atoms with E-state index in [1.165, 1.54) is 6.07 Å². The summed E-state index contributed by atoms with van der Waals surface area (Å²) >= 11 is 0. The lowest BCUT2D eigenvalue weighted by Crippen LogP contribution is -2.43. The molecule has 1 aromatic heterocycles. The van der Waals surface area contributed by atoms with Crippen LogP contribution in [-0.2, 0) is 11.0 Å². The molecule has 0 saturated carbocycles. The minimum Gasteiger partial charge on any atom is -0.323 e. The van der Waals surface area contributed by atoms with Gasteiger partial charge in [-0.2, -0.15) is 13.2 Å². The number of rotatable bonds is 2. The van der Waals surface area contributed by atoms with Gasteiger partial charge in [-0.25, -0.2) is 4.98 Å². The lowest BCUT2D eigenvalue weighted by Gasteiger charge is -2.22. The van der Waals surface area contributed by atoms with Gasteiger partial charge >= 0.3 is 6.18 Å². The van der Waals surface area contributed by atoms with Crippen LogP contribution in [0.2, 0.25) is 0 Å². The molecule has 1 amide bonds. The molecular formula is C12H14F3N3O. The van der Waals surface area contributed by atoms with Crippen molar-refractivity contribution in [3.05, 3.63) is 24.0 Å². The fourth-order valence-corrected chi connectivity index (χ4v) is 1.94. The van der Waals surface area contributed by atoms with E-state index in [2.05, 4.69) is 15.6 Å². The number of hydrogen-bond donors (Lipinski definition) is 2. The number of aromatic nitrogens is 1. The molecule has 104 valence electrons. The van der Waals surface area contributed by atoms with Gasteiger partial charge in [-0.3, -0.25) is 4.79 Å². The maximum Gasteiger partial charge on any atom is 0.433 e. The number of carbonyl (C=O) groups excluding carboxylic acids is 1. The number of nitrogens with zero attached hydrogens (tertiary/aromatic N) is 1. The van der Waals surface area contributed by atoms with Crippen LogP contribution in [0.15, 0.2) is 18.3 Å². The highest BCUT2D eigenvalue weighted by atomic mass is 19.4. The van der Waals surface area contributed by atoms with Crippen LogP contribution in [0.4, 0.5) is 18.9 Å². The molecule has 1 fully saturated rings. The Balaban J connectivity index is 1.97. The van der Waals surface area contributed by atoms with Crippen molar-refractivity contribution in [3.63, 3.8) is 0 Å². The van der Waals surface area contributed by atoms with E-state index in [0.29, 0.717) is 0 Å². The number of halogens is 3. The number of pyridine rings is 1. The van der Waals surface area contributed by atoms with Crippen LogP contribution >= 0.6 is 0 Å². The Kier molecular flexibility index (Phi) is 4.04. The molecule has 0 aliphatic carbocycles. The summed E-state index contributed by atoms with van der Waals surface area (Å²) in [6, 6.07) is 1.77. The molecule has 1 aliphatic heterocycles. The standard InChI is InChI=1S/C12H14F3N3O/c13-12(14,15)10-5-4-8(7-17-10)18-11(19)9-3-1-2-6-16-9/h4-5,7,9,16H,1-3,6H2,(H,18,19)/t9-/m0/s1. The van der Waals surface area contributed by atoms with E-state index in [-0.39, 0.29) is 17.6 Å². The molecule has 2 N–H and O–H groups in total. The van der Waals surface area contributed by atoms with Crippen LogP contribution in [0.25, 0.3) is 0 Å². The summed E-state index contributed by atoms with van der Waals surface area (Å²) in [6.45, 7) is 0.781. The smallest absolute Gasteiger partial charge is 0.323 e. The number of alkyl halides is 3. The van der Waals surface area contributed by atoms with Gasteiger partial charge in [-0.15, -0.1) is 0 Å². The SMILES string of the molecule is O=C(Nc1ccc(C(F)(F)F)nc1)[C@@H]1CCCCN1. The number of nitrogens with one attached hydrogen (secondary N) is 2. The zero-order valence-corrected chi connectivity index (χ0v) is 10.1. The maximum atomic E-state index is 12.3. The zero-order valence-electron chi connectivity index (χ0n) is 10.1. The minimum absolute atomic E-state index is 0.235. The lowest BCUT2D eigenvalue weighted by atomic mass is 10.0. The van der Waals surface area contributed by atoms with Crippen LogP contribution in [0, 0.1) is 0 Å². The Bertz CT molecular complexity index is 439. The summed E-state index contributed by atoms with van der Waals surface area (Å²) in [6.07, 6.45) is -0.709. The van der Waals surface area contributed by atoms with Crippen molar-refractivity contribution in [2.75, 3.05) is 11.9 Å². The number of anilines is 1. The molecule has 1 atom stereocenters.